The number of ether oxygens (including phenoxy) is 1. The molecule has 152 valence electrons. The zero-order valence-electron chi connectivity index (χ0n) is 16.9. The molecule has 2 aromatic heterocycles. The number of rotatable bonds is 7. The Labute approximate surface area is 178 Å². The first-order chi connectivity index (χ1) is 13.9. The van der Waals surface area contributed by atoms with E-state index in [2.05, 4.69) is 42.3 Å². The molecule has 0 atom stereocenters. The third-order valence-corrected chi connectivity index (χ3v) is 6.24. The molecule has 0 radical (unpaired) electrons. The number of nitrogens with zero attached hydrogens (tertiary/aromatic N) is 2. The fourth-order valence-electron chi connectivity index (χ4n) is 2.77. The van der Waals surface area contributed by atoms with E-state index in [0.29, 0.717) is 17.4 Å². The van der Waals surface area contributed by atoms with Gasteiger partial charge in [-0.15, -0.1) is 11.3 Å². The van der Waals surface area contributed by atoms with Crippen LogP contribution in [-0.2, 0) is 20.7 Å². The summed E-state index contributed by atoms with van der Waals surface area (Å²) in [6, 6.07) is 6.33. The number of aryl methyl sites for hydroxylation is 3. The average molecular weight is 430 g/mol. The lowest BCUT2D eigenvalue weighted by Gasteiger charge is -2.09. The van der Waals surface area contributed by atoms with E-state index >= 15 is 0 Å². The number of benzene rings is 1. The van der Waals surface area contributed by atoms with Gasteiger partial charge in [0.1, 0.15) is 5.03 Å². The van der Waals surface area contributed by atoms with Crippen LogP contribution in [0, 0.1) is 20.8 Å². The monoisotopic (exact) mass is 429 g/mol. The normalized spacial score (nSPS) is 10.9. The van der Waals surface area contributed by atoms with E-state index in [1.54, 1.807) is 12.3 Å². The molecular formula is C21H23N3O3S2. The number of aromatic nitrogens is 2. The van der Waals surface area contributed by atoms with Crippen LogP contribution in [0.1, 0.15) is 29.3 Å². The smallest absolute Gasteiger partial charge is 0.311 e. The van der Waals surface area contributed by atoms with Gasteiger partial charge < -0.3 is 10.1 Å². The maximum absolute atomic E-state index is 12.3. The minimum absolute atomic E-state index is 0.105. The van der Waals surface area contributed by atoms with Crippen LogP contribution in [0.4, 0.5) is 5.13 Å². The van der Waals surface area contributed by atoms with Crippen molar-refractivity contribution >= 4 is 51.0 Å². The molecule has 3 aromatic rings. The number of nitrogens with one attached hydrogen (secondary N) is 1. The van der Waals surface area contributed by atoms with Crippen LogP contribution >= 0.6 is 23.1 Å². The van der Waals surface area contributed by atoms with Crippen LogP contribution < -0.4 is 5.32 Å². The first-order valence-electron chi connectivity index (χ1n) is 9.27. The molecule has 0 saturated heterocycles. The highest BCUT2D eigenvalue weighted by Gasteiger charge is 2.12. The van der Waals surface area contributed by atoms with Gasteiger partial charge in [-0.3, -0.25) is 9.59 Å². The predicted molar refractivity (Wildman–Crippen MR) is 118 cm³/mol. The van der Waals surface area contributed by atoms with Gasteiger partial charge in [-0.2, -0.15) is 0 Å². The standard InChI is InChI=1S/C21H23N3O3S2/c1-5-27-19(26)9-16-10-29-21(22-16)24-18(25)11-28-20-14(4)7-15-6-12(2)13(3)8-17(15)23-20/h6-8,10H,5,9,11H2,1-4H3,(H,22,24,25). The second-order valence-electron chi connectivity index (χ2n) is 6.70. The number of thioether (sulfide) groups is 1. The molecule has 0 aliphatic rings. The summed E-state index contributed by atoms with van der Waals surface area (Å²) >= 11 is 2.69. The molecule has 0 aliphatic carbocycles. The number of pyridine rings is 1. The number of amides is 1. The molecule has 1 amide bonds. The number of carbonyl (C=O) groups excluding carboxylic acids is 2. The Morgan fingerprint density at radius 1 is 1.10 bits per heavy atom. The summed E-state index contributed by atoms with van der Waals surface area (Å²) in [5.41, 5.74) is 5.01. The van der Waals surface area contributed by atoms with Crippen molar-refractivity contribution in [3.8, 4) is 0 Å². The highest BCUT2D eigenvalue weighted by molar-refractivity contribution is 8.00. The summed E-state index contributed by atoms with van der Waals surface area (Å²) in [6.07, 6.45) is 0.105. The molecule has 0 saturated carbocycles. The molecule has 0 fully saturated rings. The average Bonchev–Trinajstić information content (AvgIpc) is 3.08. The summed E-state index contributed by atoms with van der Waals surface area (Å²) in [5, 5.41) is 6.96. The van der Waals surface area contributed by atoms with E-state index in [1.807, 2.05) is 6.92 Å². The lowest BCUT2D eigenvalue weighted by atomic mass is 10.1. The zero-order chi connectivity index (χ0) is 21.0. The topological polar surface area (TPSA) is 81.2 Å². The molecule has 1 aromatic carbocycles. The van der Waals surface area contributed by atoms with E-state index in [4.69, 9.17) is 9.72 Å². The lowest BCUT2D eigenvalue weighted by molar-refractivity contribution is -0.142. The van der Waals surface area contributed by atoms with Crippen molar-refractivity contribution < 1.29 is 14.3 Å². The lowest BCUT2D eigenvalue weighted by Crippen LogP contribution is -2.14. The van der Waals surface area contributed by atoms with Crippen molar-refractivity contribution in [3.63, 3.8) is 0 Å². The van der Waals surface area contributed by atoms with E-state index in [1.165, 1.54) is 34.2 Å². The predicted octanol–water partition coefficient (Wildman–Crippen LogP) is 4.45. The number of hydrogen-bond acceptors (Lipinski definition) is 7. The van der Waals surface area contributed by atoms with Crippen molar-refractivity contribution in [2.45, 2.75) is 39.1 Å². The van der Waals surface area contributed by atoms with Gasteiger partial charge in [-0.05, 0) is 62.6 Å². The largest absolute Gasteiger partial charge is 0.466 e. The Kier molecular flexibility index (Phi) is 6.87. The van der Waals surface area contributed by atoms with Gasteiger partial charge in [0.15, 0.2) is 5.13 Å². The fraction of sp³-hybridized carbons (Fsp3) is 0.333. The van der Waals surface area contributed by atoms with Gasteiger partial charge in [0.05, 0.1) is 30.0 Å². The molecule has 6 nitrogen and oxygen atoms in total. The molecule has 3 rings (SSSR count). The molecule has 2 heterocycles. The molecular weight excluding hydrogens is 406 g/mol. The number of carbonyl (C=O) groups is 2. The molecule has 1 N–H and O–H groups in total. The number of thiazole rings is 1. The van der Waals surface area contributed by atoms with Crippen LogP contribution in [-0.4, -0.2) is 34.2 Å². The number of hydrogen-bond donors (Lipinski definition) is 1. The number of fused-ring (bicyclic) bond motifs is 1. The minimum Gasteiger partial charge on any atom is -0.466 e. The Bertz CT molecular complexity index is 1060. The minimum atomic E-state index is -0.325. The van der Waals surface area contributed by atoms with Gasteiger partial charge in [0.2, 0.25) is 5.91 Å². The Hall–Kier alpha value is -2.45. The highest BCUT2D eigenvalue weighted by atomic mass is 32.2. The van der Waals surface area contributed by atoms with Gasteiger partial charge >= 0.3 is 5.97 Å². The maximum atomic E-state index is 12.3. The summed E-state index contributed by atoms with van der Waals surface area (Å²) in [5.74, 6) is -0.250. The van der Waals surface area contributed by atoms with Crippen LogP contribution in [0.3, 0.4) is 0 Å². The van der Waals surface area contributed by atoms with Crippen LogP contribution in [0.2, 0.25) is 0 Å². The first-order valence-corrected chi connectivity index (χ1v) is 11.1. The summed E-state index contributed by atoms with van der Waals surface area (Å²) in [4.78, 5) is 32.8. The van der Waals surface area contributed by atoms with Gasteiger partial charge in [0, 0.05) is 10.8 Å². The van der Waals surface area contributed by atoms with Crippen LogP contribution in [0.15, 0.2) is 28.6 Å². The van der Waals surface area contributed by atoms with Crippen LogP contribution in [0.5, 0.6) is 0 Å². The molecule has 8 heteroatoms. The summed E-state index contributed by atoms with van der Waals surface area (Å²) < 4.78 is 4.91. The van der Waals surface area contributed by atoms with Gasteiger partial charge in [-0.25, -0.2) is 9.97 Å². The SMILES string of the molecule is CCOC(=O)Cc1csc(NC(=O)CSc2nc3cc(C)c(C)cc3cc2C)n1. The zero-order valence-corrected chi connectivity index (χ0v) is 18.5. The Morgan fingerprint density at radius 3 is 2.59 bits per heavy atom. The van der Waals surface area contributed by atoms with Crippen molar-refractivity contribution in [1.82, 2.24) is 9.97 Å². The molecule has 0 unspecified atom stereocenters. The Morgan fingerprint density at radius 2 is 1.83 bits per heavy atom. The van der Waals surface area contributed by atoms with Crippen molar-refractivity contribution in [1.29, 1.82) is 0 Å². The third kappa shape index (κ3) is 5.55. The highest BCUT2D eigenvalue weighted by Crippen LogP contribution is 2.26. The first kappa shape index (κ1) is 21.3. The fourth-order valence-corrected chi connectivity index (χ4v) is 4.29. The van der Waals surface area contributed by atoms with Gasteiger partial charge in [-0.1, -0.05) is 11.8 Å². The molecule has 29 heavy (non-hydrogen) atoms. The summed E-state index contributed by atoms with van der Waals surface area (Å²) in [7, 11) is 0. The van der Waals surface area contributed by atoms with E-state index < -0.39 is 0 Å². The quantitative estimate of drug-likeness (QED) is 0.441. The van der Waals surface area contributed by atoms with E-state index in [-0.39, 0.29) is 24.1 Å². The van der Waals surface area contributed by atoms with Crippen molar-refractivity contribution in [3.05, 3.63) is 46.0 Å². The Balaban J connectivity index is 1.61. The van der Waals surface area contributed by atoms with Gasteiger partial charge in [0.25, 0.3) is 0 Å². The molecule has 0 spiro atoms. The molecule has 0 bridgehead atoms. The second kappa shape index (κ2) is 9.37. The van der Waals surface area contributed by atoms with E-state index in [9.17, 15) is 9.59 Å². The van der Waals surface area contributed by atoms with Crippen molar-refractivity contribution in [2.75, 3.05) is 17.7 Å². The number of esters is 1. The second-order valence-corrected chi connectivity index (χ2v) is 8.52. The molecule has 0 aliphatic heterocycles. The third-order valence-electron chi connectivity index (χ3n) is 4.34. The van der Waals surface area contributed by atoms with Crippen LogP contribution in [0.25, 0.3) is 10.9 Å². The summed E-state index contributed by atoms with van der Waals surface area (Å²) in [6.45, 7) is 8.26. The van der Waals surface area contributed by atoms with Crippen molar-refractivity contribution in [2.24, 2.45) is 0 Å². The maximum Gasteiger partial charge on any atom is 0.311 e. The number of anilines is 1. The van der Waals surface area contributed by atoms with E-state index in [0.717, 1.165) is 21.5 Å².